The van der Waals surface area contributed by atoms with Gasteiger partial charge in [0, 0.05) is 52.2 Å². The molecule has 1 aromatic carbocycles. The smallest absolute Gasteiger partial charge is 0.165 e. The van der Waals surface area contributed by atoms with Gasteiger partial charge in [0.05, 0.1) is 0 Å². The average molecular weight is 411 g/mol. The first-order chi connectivity index (χ1) is 15.3. The van der Waals surface area contributed by atoms with Crippen LogP contribution in [0.5, 0.6) is 0 Å². The van der Waals surface area contributed by atoms with Gasteiger partial charge in [0.2, 0.25) is 0 Å². The lowest BCUT2D eigenvalue weighted by molar-refractivity contribution is 0.604. The summed E-state index contributed by atoms with van der Waals surface area (Å²) < 4.78 is 0. The lowest BCUT2D eigenvalue weighted by atomic mass is 9.91. The summed E-state index contributed by atoms with van der Waals surface area (Å²) >= 11 is 0. The molecule has 4 heterocycles. The Morgan fingerprint density at radius 3 is 2.90 bits per heavy atom. The van der Waals surface area contributed by atoms with Crippen molar-refractivity contribution in [3.8, 4) is 11.4 Å². The molecule has 0 spiro atoms. The highest BCUT2D eigenvalue weighted by Crippen LogP contribution is 2.34. The van der Waals surface area contributed by atoms with Crippen LogP contribution in [0.3, 0.4) is 0 Å². The Balaban J connectivity index is 1.36. The molecule has 3 N–H and O–H groups in total. The Labute approximate surface area is 181 Å². The minimum absolute atomic E-state index is 0.357. The molecule has 0 saturated heterocycles. The minimum atomic E-state index is 0.357. The fourth-order valence-electron chi connectivity index (χ4n) is 4.99. The largest absolute Gasteiger partial charge is 0.370 e. The van der Waals surface area contributed by atoms with Crippen molar-refractivity contribution in [1.82, 2.24) is 19.9 Å². The molecule has 6 heteroatoms. The number of H-pyrrole nitrogens is 1. The number of aromatic amines is 1. The van der Waals surface area contributed by atoms with E-state index in [4.69, 9.17) is 9.97 Å². The van der Waals surface area contributed by atoms with Crippen LogP contribution in [0.2, 0.25) is 0 Å². The second kappa shape index (κ2) is 7.38. The summed E-state index contributed by atoms with van der Waals surface area (Å²) in [6.45, 7) is 2.97. The number of hydrogen-bond acceptors (Lipinski definition) is 5. The van der Waals surface area contributed by atoms with Crippen LogP contribution in [0, 0.1) is 6.92 Å². The van der Waals surface area contributed by atoms with Gasteiger partial charge in [-0.3, -0.25) is 4.98 Å². The fourth-order valence-corrected chi connectivity index (χ4v) is 4.99. The van der Waals surface area contributed by atoms with E-state index in [9.17, 15) is 0 Å². The van der Waals surface area contributed by atoms with E-state index < -0.39 is 0 Å². The zero-order valence-electron chi connectivity index (χ0n) is 17.7. The average Bonchev–Trinajstić information content (AvgIpc) is 3.17. The Hall–Kier alpha value is -3.41. The molecule has 1 unspecified atom stereocenters. The van der Waals surface area contributed by atoms with Crippen LogP contribution in [0.15, 0.2) is 42.6 Å². The van der Waals surface area contributed by atoms with Crippen molar-refractivity contribution in [3.05, 3.63) is 65.1 Å². The van der Waals surface area contributed by atoms with Gasteiger partial charge >= 0.3 is 0 Å². The number of nitrogens with zero attached hydrogens (tertiary/aromatic N) is 3. The number of rotatable bonds is 3. The van der Waals surface area contributed by atoms with Gasteiger partial charge in [0.15, 0.2) is 5.82 Å². The summed E-state index contributed by atoms with van der Waals surface area (Å²) in [5, 5.41) is 8.65. The maximum absolute atomic E-state index is 5.01. The SMILES string of the molecule is Cc1ncccc1-c1nc2c(c(NC3CCc4[nH]c5ccccc5c4C3)n1)CCCN2. The highest BCUT2D eigenvalue weighted by molar-refractivity contribution is 5.85. The van der Waals surface area contributed by atoms with Crippen LogP contribution in [0.4, 0.5) is 11.6 Å². The number of aryl methyl sites for hydroxylation is 2. The lowest BCUT2D eigenvalue weighted by Gasteiger charge is -2.27. The molecule has 156 valence electrons. The first-order valence-corrected chi connectivity index (χ1v) is 11.2. The first-order valence-electron chi connectivity index (χ1n) is 11.2. The van der Waals surface area contributed by atoms with Gasteiger partial charge in [-0.25, -0.2) is 9.97 Å². The van der Waals surface area contributed by atoms with E-state index in [0.717, 1.165) is 67.4 Å². The molecule has 2 aliphatic rings. The van der Waals surface area contributed by atoms with E-state index in [1.165, 1.54) is 27.7 Å². The van der Waals surface area contributed by atoms with Crippen molar-refractivity contribution in [2.75, 3.05) is 17.2 Å². The highest BCUT2D eigenvalue weighted by Gasteiger charge is 2.25. The van der Waals surface area contributed by atoms with Crippen LogP contribution < -0.4 is 10.6 Å². The van der Waals surface area contributed by atoms with E-state index in [0.29, 0.717) is 6.04 Å². The Morgan fingerprint density at radius 1 is 1.03 bits per heavy atom. The molecule has 31 heavy (non-hydrogen) atoms. The number of fused-ring (bicyclic) bond motifs is 4. The predicted molar refractivity (Wildman–Crippen MR) is 125 cm³/mol. The van der Waals surface area contributed by atoms with Gasteiger partial charge < -0.3 is 15.6 Å². The van der Waals surface area contributed by atoms with Crippen molar-refractivity contribution < 1.29 is 0 Å². The zero-order valence-corrected chi connectivity index (χ0v) is 17.7. The highest BCUT2D eigenvalue weighted by atomic mass is 15.1. The van der Waals surface area contributed by atoms with Crippen molar-refractivity contribution >= 4 is 22.5 Å². The molecule has 4 aromatic rings. The number of anilines is 2. The molecule has 3 aromatic heterocycles. The summed E-state index contributed by atoms with van der Waals surface area (Å²) in [6.07, 6.45) is 7.08. The number of nitrogens with one attached hydrogen (secondary N) is 3. The van der Waals surface area contributed by atoms with Crippen molar-refractivity contribution in [2.45, 2.75) is 45.1 Å². The molecule has 1 aliphatic heterocycles. The molecule has 0 fully saturated rings. The van der Waals surface area contributed by atoms with Gasteiger partial charge in [-0.2, -0.15) is 0 Å². The van der Waals surface area contributed by atoms with Crippen molar-refractivity contribution in [3.63, 3.8) is 0 Å². The van der Waals surface area contributed by atoms with E-state index in [1.807, 2.05) is 19.2 Å². The summed E-state index contributed by atoms with van der Waals surface area (Å²) in [5.74, 6) is 2.68. The van der Waals surface area contributed by atoms with Crippen molar-refractivity contribution in [2.24, 2.45) is 0 Å². The van der Waals surface area contributed by atoms with Crippen LogP contribution in [0.25, 0.3) is 22.3 Å². The molecule has 0 saturated carbocycles. The molecule has 1 aliphatic carbocycles. The van der Waals surface area contributed by atoms with Gasteiger partial charge in [-0.15, -0.1) is 0 Å². The number of aromatic nitrogens is 4. The first kappa shape index (κ1) is 18.4. The second-order valence-corrected chi connectivity index (χ2v) is 8.60. The molecule has 0 amide bonds. The summed E-state index contributed by atoms with van der Waals surface area (Å²) in [6, 6.07) is 13.0. The summed E-state index contributed by atoms with van der Waals surface area (Å²) in [4.78, 5) is 17.9. The fraction of sp³-hybridized carbons (Fsp3) is 0.320. The Bertz CT molecular complexity index is 1270. The van der Waals surface area contributed by atoms with E-state index in [1.54, 1.807) is 0 Å². The zero-order chi connectivity index (χ0) is 20.8. The number of pyridine rings is 1. The molecule has 0 radical (unpaired) electrons. The molecule has 1 atom stereocenters. The van der Waals surface area contributed by atoms with Crippen LogP contribution in [-0.4, -0.2) is 32.5 Å². The van der Waals surface area contributed by atoms with Gasteiger partial charge in [-0.05, 0) is 62.8 Å². The summed E-state index contributed by atoms with van der Waals surface area (Å²) in [5.41, 5.74) is 7.22. The third kappa shape index (κ3) is 3.23. The number of para-hydroxylation sites is 1. The van der Waals surface area contributed by atoms with Crippen LogP contribution >= 0.6 is 0 Å². The van der Waals surface area contributed by atoms with Gasteiger partial charge in [-0.1, -0.05) is 18.2 Å². The quantitative estimate of drug-likeness (QED) is 0.458. The van der Waals surface area contributed by atoms with Crippen molar-refractivity contribution in [1.29, 1.82) is 0 Å². The van der Waals surface area contributed by atoms with Crippen LogP contribution in [0.1, 0.15) is 35.4 Å². The molecule has 6 nitrogen and oxygen atoms in total. The topological polar surface area (TPSA) is 78.5 Å². The second-order valence-electron chi connectivity index (χ2n) is 8.60. The third-order valence-electron chi connectivity index (χ3n) is 6.59. The predicted octanol–water partition coefficient (Wildman–Crippen LogP) is 4.66. The Morgan fingerprint density at radius 2 is 1.97 bits per heavy atom. The Kier molecular flexibility index (Phi) is 4.37. The monoisotopic (exact) mass is 410 g/mol. The third-order valence-corrected chi connectivity index (χ3v) is 6.59. The maximum atomic E-state index is 5.01. The molecule has 0 bridgehead atoms. The van der Waals surface area contributed by atoms with Gasteiger partial charge in [0.1, 0.15) is 11.6 Å². The minimum Gasteiger partial charge on any atom is -0.370 e. The molecular formula is C25H26N6. The summed E-state index contributed by atoms with van der Waals surface area (Å²) in [7, 11) is 0. The van der Waals surface area contributed by atoms with E-state index in [2.05, 4.69) is 50.9 Å². The number of benzene rings is 1. The van der Waals surface area contributed by atoms with E-state index in [-0.39, 0.29) is 0 Å². The standard InChI is InChI=1S/C25H26N6/c1-15-17(7-4-12-26-15)24-30-23-19(8-5-13-27-23)25(31-24)28-16-10-11-22-20(14-16)18-6-2-3-9-21(18)29-22/h2-4,6-7,9,12,16,29H,5,8,10-11,13-14H2,1H3,(H2,27,28,30,31). The molecular weight excluding hydrogens is 384 g/mol. The molecule has 6 rings (SSSR count). The maximum Gasteiger partial charge on any atom is 0.165 e. The number of hydrogen-bond donors (Lipinski definition) is 3. The normalized spacial score (nSPS) is 17.6. The van der Waals surface area contributed by atoms with Gasteiger partial charge in [0.25, 0.3) is 0 Å². The van der Waals surface area contributed by atoms with E-state index >= 15 is 0 Å². The van der Waals surface area contributed by atoms with Crippen LogP contribution in [-0.2, 0) is 19.3 Å². The lowest BCUT2D eigenvalue weighted by Crippen LogP contribution is -2.29.